The molecule has 0 aliphatic rings. The Balaban J connectivity index is 3.02. The first-order chi connectivity index (χ1) is 5.25. The van der Waals surface area contributed by atoms with Gasteiger partial charge in [-0.2, -0.15) is 0 Å². The molecule has 0 aliphatic heterocycles. The highest BCUT2D eigenvalue weighted by atomic mass is 35.5. The molecule has 0 fully saturated rings. The summed E-state index contributed by atoms with van der Waals surface area (Å²) >= 11 is 5.71. The summed E-state index contributed by atoms with van der Waals surface area (Å²) in [5.74, 6) is 1.46. The van der Waals surface area contributed by atoms with Crippen LogP contribution in [0.3, 0.4) is 0 Å². The van der Waals surface area contributed by atoms with Crippen LogP contribution >= 0.6 is 11.6 Å². The van der Waals surface area contributed by atoms with Gasteiger partial charge < -0.3 is 4.90 Å². The first-order valence-electron chi connectivity index (χ1n) is 3.43. The van der Waals surface area contributed by atoms with E-state index in [1.165, 1.54) is 0 Å². The van der Waals surface area contributed by atoms with Crippen molar-refractivity contribution in [2.45, 2.75) is 5.88 Å². The molecule has 0 spiro atoms. The van der Waals surface area contributed by atoms with Gasteiger partial charge in [-0.3, -0.25) is 0 Å². The third-order valence-corrected chi connectivity index (χ3v) is 1.72. The average molecular weight is 171 g/mol. The maximum Gasteiger partial charge on any atom is 0.132 e. The Kier molecular flexibility index (Phi) is 2.71. The number of hydrogen-bond donors (Lipinski definition) is 0. The first kappa shape index (κ1) is 8.34. The van der Waals surface area contributed by atoms with E-state index in [9.17, 15) is 0 Å². The maximum atomic E-state index is 5.71. The minimum absolute atomic E-state index is 0.515. The molecule has 1 aromatic rings. The number of hydrogen-bond acceptors (Lipinski definition) is 2. The van der Waals surface area contributed by atoms with Crippen LogP contribution in [0.4, 0.5) is 5.82 Å². The van der Waals surface area contributed by atoms with Crippen LogP contribution in [0, 0.1) is 0 Å². The van der Waals surface area contributed by atoms with Gasteiger partial charge in [-0.1, -0.05) is 6.07 Å². The Morgan fingerprint density at radius 3 is 2.73 bits per heavy atom. The van der Waals surface area contributed by atoms with Crippen molar-refractivity contribution < 1.29 is 0 Å². The molecule has 0 N–H and O–H groups in total. The van der Waals surface area contributed by atoms with E-state index in [0.717, 1.165) is 11.4 Å². The molecule has 0 radical (unpaired) electrons. The zero-order chi connectivity index (χ0) is 8.27. The van der Waals surface area contributed by atoms with Crippen molar-refractivity contribution in [1.82, 2.24) is 4.98 Å². The Morgan fingerprint density at radius 2 is 2.27 bits per heavy atom. The van der Waals surface area contributed by atoms with E-state index in [-0.39, 0.29) is 0 Å². The zero-order valence-electron chi connectivity index (χ0n) is 6.71. The van der Waals surface area contributed by atoms with E-state index >= 15 is 0 Å². The lowest BCUT2D eigenvalue weighted by molar-refractivity contribution is 1.04. The molecule has 0 unspecified atom stereocenters. The molecule has 0 saturated heterocycles. The lowest BCUT2D eigenvalue weighted by Crippen LogP contribution is -2.12. The minimum atomic E-state index is 0.515. The molecule has 0 saturated carbocycles. The molecule has 60 valence electrons. The van der Waals surface area contributed by atoms with Crippen LogP contribution in [0.1, 0.15) is 5.56 Å². The number of pyridine rings is 1. The van der Waals surface area contributed by atoms with Crippen molar-refractivity contribution in [2.24, 2.45) is 0 Å². The monoisotopic (exact) mass is 170 g/mol. The van der Waals surface area contributed by atoms with Gasteiger partial charge in [-0.15, -0.1) is 11.6 Å². The maximum absolute atomic E-state index is 5.71. The summed E-state index contributed by atoms with van der Waals surface area (Å²) < 4.78 is 0. The molecule has 1 aromatic heterocycles. The van der Waals surface area contributed by atoms with Gasteiger partial charge in [0.25, 0.3) is 0 Å². The smallest absolute Gasteiger partial charge is 0.132 e. The van der Waals surface area contributed by atoms with Crippen LogP contribution in [0.2, 0.25) is 0 Å². The van der Waals surface area contributed by atoms with Crippen LogP contribution in [0.25, 0.3) is 0 Å². The summed E-state index contributed by atoms with van der Waals surface area (Å²) in [5, 5.41) is 0. The van der Waals surface area contributed by atoms with Gasteiger partial charge in [0.15, 0.2) is 0 Å². The van der Waals surface area contributed by atoms with Crippen LogP contribution in [-0.4, -0.2) is 19.1 Å². The van der Waals surface area contributed by atoms with Gasteiger partial charge in [-0.05, 0) is 6.07 Å². The van der Waals surface area contributed by atoms with E-state index in [1.807, 2.05) is 31.1 Å². The first-order valence-corrected chi connectivity index (χ1v) is 3.96. The fourth-order valence-electron chi connectivity index (χ4n) is 0.937. The Morgan fingerprint density at radius 1 is 1.55 bits per heavy atom. The van der Waals surface area contributed by atoms with Gasteiger partial charge in [0.1, 0.15) is 5.82 Å². The number of alkyl halides is 1. The van der Waals surface area contributed by atoms with E-state index in [2.05, 4.69) is 4.98 Å². The summed E-state index contributed by atoms with van der Waals surface area (Å²) in [6, 6.07) is 3.88. The lowest BCUT2D eigenvalue weighted by atomic mass is 10.3. The van der Waals surface area contributed by atoms with Crippen molar-refractivity contribution in [3.63, 3.8) is 0 Å². The fourth-order valence-corrected chi connectivity index (χ4v) is 1.15. The molecule has 0 aromatic carbocycles. The second-order valence-electron chi connectivity index (χ2n) is 2.51. The van der Waals surface area contributed by atoms with E-state index < -0.39 is 0 Å². The molecular weight excluding hydrogens is 160 g/mol. The van der Waals surface area contributed by atoms with Gasteiger partial charge >= 0.3 is 0 Å². The van der Waals surface area contributed by atoms with Crippen molar-refractivity contribution in [3.05, 3.63) is 23.9 Å². The van der Waals surface area contributed by atoms with E-state index in [4.69, 9.17) is 11.6 Å². The second kappa shape index (κ2) is 3.58. The number of rotatable bonds is 2. The summed E-state index contributed by atoms with van der Waals surface area (Å²) in [4.78, 5) is 6.15. The third-order valence-electron chi connectivity index (χ3n) is 1.44. The van der Waals surface area contributed by atoms with Crippen molar-refractivity contribution in [1.29, 1.82) is 0 Å². The summed E-state index contributed by atoms with van der Waals surface area (Å²) in [5.41, 5.74) is 1.07. The zero-order valence-corrected chi connectivity index (χ0v) is 7.47. The molecule has 0 atom stereocenters. The summed E-state index contributed by atoms with van der Waals surface area (Å²) in [6.45, 7) is 0. The molecule has 1 rings (SSSR count). The lowest BCUT2D eigenvalue weighted by Gasteiger charge is -2.13. The Bertz CT molecular complexity index is 235. The predicted octanol–water partition coefficient (Wildman–Crippen LogP) is 1.89. The highest BCUT2D eigenvalue weighted by Crippen LogP contribution is 2.15. The molecule has 11 heavy (non-hydrogen) atoms. The van der Waals surface area contributed by atoms with Crippen LogP contribution < -0.4 is 4.90 Å². The van der Waals surface area contributed by atoms with E-state index in [0.29, 0.717) is 5.88 Å². The summed E-state index contributed by atoms with van der Waals surface area (Å²) in [6.07, 6.45) is 1.77. The second-order valence-corrected chi connectivity index (χ2v) is 2.78. The SMILES string of the molecule is CN(C)c1ncccc1CCl. The van der Waals surface area contributed by atoms with Gasteiger partial charge in [0, 0.05) is 25.9 Å². The molecule has 0 bridgehead atoms. The van der Waals surface area contributed by atoms with Crippen molar-refractivity contribution in [2.75, 3.05) is 19.0 Å². The highest BCUT2D eigenvalue weighted by molar-refractivity contribution is 6.17. The van der Waals surface area contributed by atoms with Gasteiger partial charge in [0.05, 0.1) is 5.88 Å². The van der Waals surface area contributed by atoms with E-state index in [1.54, 1.807) is 6.20 Å². The van der Waals surface area contributed by atoms with Crippen molar-refractivity contribution in [3.8, 4) is 0 Å². The third kappa shape index (κ3) is 1.84. The number of anilines is 1. The number of aromatic nitrogens is 1. The molecule has 2 nitrogen and oxygen atoms in total. The standard InChI is InChI=1S/C8H11ClN2/c1-11(2)8-7(6-9)4-3-5-10-8/h3-5H,6H2,1-2H3. The minimum Gasteiger partial charge on any atom is -0.362 e. The number of nitrogens with zero attached hydrogens (tertiary/aromatic N) is 2. The predicted molar refractivity (Wildman–Crippen MR) is 48.1 cm³/mol. The topological polar surface area (TPSA) is 16.1 Å². The normalized spacial score (nSPS) is 9.73. The van der Waals surface area contributed by atoms with Crippen molar-refractivity contribution >= 4 is 17.4 Å². The molecule has 3 heteroatoms. The number of halogens is 1. The molecule has 0 amide bonds. The largest absolute Gasteiger partial charge is 0.362 e. The fraction of sp³-hybridized carbons (Fsp3) is 0.375. The van der Waals surface area contributed by atoms with Crippen LogP contribution in [0.5, 0.6) is 0 Å². The van der Waals surface area contributed by atoms with Crippen LogP contribution in [0.15, 0.2) is 18.3 Å². The average Bonchev–Trinajstić information content (AvgIpc) is 2.04. The van der Waals surface area contributed by atoms with Gasteiger partial charge in [-0.25, -0.2) is 4.98 Å². The quantitative estimate of drug-likeness (QED) is 0.631. The summed E-state index contributed by atoms with van der Waals surface area (Å²) in [7, 11) is 3.91. The molecule has 1 heterocycles. The Hall–Kier alpha value is -0.760. The molecular formula is C8H11ClN2. The van der Waals surface area contributed by atoms with Gasteiger partial charge in [0.2, 0.25) is 0 Å². The van der Waals surface area contributed by atoms with Crippen LogP contribution in [-0.2, 0) is 5.88 Å². The highest BCUT2D eigenvalue weighted by Gasteiger charge is 2.01. The Labute approximate surface area is 71.8 Å². The molecule has 0 aliphatic carbocycles.